The summed E-state index contributed by atoms with van der Waals surface area (Å²) in [6.07, 6.45) is 3.76. The minimum absolute atomic E-state index is 0.0304. The fourth-order valence-electron chi connectivity index (χ4n) is 4.22. The van der Waals surface area contributed by atoms with Gasteiger partial charge in [-0.1, -0.05) is 37.3 Å². The highest BCUT2D eigenvalue weighted by Crippen LogP contribution is 2.34. The van der Waals surface area contributed by atoms with Crippen LogP contribution in [0.2, 0.25) is 0 Å². The number of rotatable bonds is 4. The van der Waals surface area contributed by atoms with E-state index in [0.717, 1.165) is 24.9 Å². The van der Waals surface area contributed by atoms with Gasteiger partial charge in [-0.15, -0.1) is 0 Å². The minimum Gasteiger partial charge on any atom is -0.388 e. The number of hydrogen-bond acceptors (Lipinski definition) is 3. The van der Waals surface area contributed by atoms with Crippen LogP contribution in [0, 0.1) is 11.8 Å². The van der Waals surface area contributed by atoms with Gasteiger partial charge in [-0.2, -0.15) is 0 Å². The average Bonchev–Trinajstić information content (AvgIpc) is 3.03. The first kappa shape index (κ1) is 17.2. The molecule has 1 heterocycles. The number of carbonyl (C=O) groups is 2. The maximum Gasteiger partial charge on any atom is 0.226 e. The third-order valence-electron chi connectivity index (χ3n) is 5.63. The second-order valence-corrected chi connectivity index (χ2v) is 7.36. The number of carbonyl (C=O) groups excluding carboxylic acids is 2. The van der Waals surface area contributed by atoms with E-state index in [-0.39, 0.29) is 29.6 Å². The third kappa shape index (κ3) is 3.69. The first-order chi connectivity index (χ1) is 11.6. The number of Topliss-reactive ketones (excluding diaryl/α,β-unsaturated/α-hetero) is 1. The summed E-state index contributed by atoms with van der Waals surface area (Å²) >= 11 is 0. The molecule has 0 radical (unpaired) electrons. The predicted octanol–water partition coefficient (Wildman–Crippen LogP) is 3.11. The number of aliphatic hydroxyl groups is 1. The molecule has 1 saturated heterocycles. The van der Waals surface area contributed by atoms with Crippen molar-refractivity contribution in [1.29, 1.82) is 0 Å². The van der Waals surface area contributed by atoms with Crippen LogP contribution in [0.4, 0.5) is 0 Å². The molecule has 2 aliphatic rings. The van der Waals surface area contributed by atoms with Crippen LogP contribution < -0.4 is 0 Å². The van der Waals surface area contributed by atoms with E-state index in [1.165, 1.54) is 0 Å². The fraction of sp³-hybridized carbons (Fsp3) is 0.600. The molecule has 4 atom stereocenters. The predicted molar refractivity (Wildman–Crippen MR) is 92.3 cm³/mol. The smallest absolute Gasteiger partial charge is 0.226 e. The summed E-state index contributed by atoms with van der Waals surface area (Å²) in [5.41, 5.74) is 0.911. The molecule has 0 aromatic heterocycles. The molecule has 1 aliphatic heterocycles. The molecule has 3 rings (SSSR count). The number of nitrogens with zero attached hydrogens (tertiary/aromatic N) is 1. The molecule has 1 aliphatic carbocycles. The van der Waals surface area contributed by atoms with Crippen LogP contribution in [0.25, 0.3) is 0 Å². The Hall–Kier alpha value is -1.68. The molecule has 24 heavy (non-hydrogen) atoms. The molecule has 4 nitrogen and oxygen atoms in total. The highest BCUT2D eigenvalue weighted by atomic mass is 16.3. The number of aliphatic hydroxyl groups excluding tert-OH is 1. The van der Waals surface area contributed by atoms with Gasteiger partial charge >= 0.3 is 0 Å². The lowest BCUT2D eigenvalue weighted by molar-refractivity contribution is -0.141. The zero-order chi connectivity index (χ0) is 17.1. The van der Waals surface area contributed by atoms with Crippen molar-refractivity contribution >= 4 is 11.7 Å². The lowest BCUT2D eigenvalue weighted by Gasteiger charge is -2.34. The molecule has 130 valence electrons. The van der Waals surface area contributed by atoms with Crippen LogP contribution in [0.3, 0.4) is 0 Å². The Labute approximate surface area is 143 Å². The largest absolute Gasteiger partial charge is 0.388 e. The maximum absolute atomic E-state index is 13.0. The van der Waals surface area contributed by atoms with Crippen molar-refractivity contribution in [2.75, 3.05) is 6.54 Å². The Balaban J connectivity index is 1.64. The molecule has 4 unspecified atom stereocenters. The van der Waals surface area contributed by atoms with Crippen molar-refractivity contribution in [2.24, 2.45) is 11.8 Å². The van der Waals surface area contributed by atoms with Gasteiger partial charge in [0.15, 0.2) is 0 Å². The quantitative estimate of drug-likeness (QED) is 0.923. The zero-order valence-corrected chi connectivity index (χ0v) is 14.4. The average molecular weight is 329 g/mol. The van der Waals surface area contributed by atoms with Crippen LogP contribution >= 0.6 is 0 Å². The van der Waals surface area contributed by atoms with E-state index in [1.807, 2.05) is 42.2 Å². The SMILES string of the molecule is CC1CC(=O)CCC1C(=O)N1CCCC1CC(O)c1ccccc1. The normalized spacial score (nSPS) is 28.8. The number of likely N-dealkylation sites (tertiary alicyclic amines) is 1. The summed E-state index contributed by atoms with van der Waals surface area (Å²) in [6, 6.07) is 9.76. The van der Waals surface area contributed by atoms with Crippen LogP contribution in [-0.4, -0.2) is 34.3 Å². The van der Waals surface area contributed by atoms with Crippen molar-refractivity contribution < 1.29 is 14.7 Å². The fourth-order valence-corrected chi connectivity index (χ4v) is 4.22. The first-order valence-corrected chi connectivity index (χ1v) is 9.11. The zero-order valence-electron chi connectivity index (χ0n) is 14.4. The minimum atomic E-state index is -0.532. The van der Waals surface area contributed by atoms with Gasteiger partial charge in [-0.05, 0) is 37.2 Å². The molecule has 0 spiro atoms. The summed E-state index contributed by atoms with van der Waals surface area (Å²) in [4.78, 5) is 26.5. The molecule has 1 N–H and O–H groups in total. The van der Waals surface area contributed by atoms with Crippen molar-refractivity contribution in [3.8, 4) is 0 Å². The molecule has 0 bridgehead atoms. The van der Waals surface area contributed by atoms with Crippen LogP contribution in [0.15, 0.2) is 30.3 Å². The summed E-state index contributed by atoms with van der Waals surface area (Å²) in [7, 11) is 0. The molecule has 4 heteroatoms. The third-order valence-corrected chi connectivity index (χ3v) is 5.63. The van der Waals surface area contributed by atoms with Crippen molar-refractivity contribution in [2.45, 2.75) is 57.6 Å². The van der Waals surface area contributed by atoms with Crippen molar-refractivity contribution in [3.05, 3.63) is 35.9 Å². The van der Waals surface area contributed by atoms with Crippen LogP contribution in [-0.2, 0) is 9.59 Å². The molecular formula is C20H27NO3. The van der Waals surface area contributed by atoms with E-state index in [4.69, 9.17) is 0 Å². The van der Waals surface area contributed by atoms with Crippen LogP contribution in [0.1, 0.15) is 57.1 Å². The first-order valence-electron chi connectivity index (χ1n) is 9.11. The van der Waals surface area contributed by atoms with Gasteiger partial charge in [-0.25, -0.2) is 0 Å². The van der Waals surface area contributed by atoms with E-state index in [9.17, 15) is 14.7 Å². The number of hydrogen-bond donors (Lipinski definition) is 1. The Morgan fingerprint density at radius 3 is 2.75 bits per heavy atom. The monoisotopic (exact) mass is 329 g/mol. The van der Waals surface area contributed by atoms with Crippen LogP contribution in [0.5, 0.6) is 0 Å². The Morgan fingerprint density at radius 2 is 2.04 bits per heavy atom. The molecule has 1 aromatic rings. The Kier molecular flexibility index (Phi) is 5.34. The van der Waals surface area contributed by atoms with E-state index < -0.39 is 6.10 Å². The van der Waals surface area contributed by atoms with Gasteiger partial charge in [0.2, 0.25) is 5.91 Å². The van der Waals surface area contributed by atoms with Gasteiger partial charge in [0.1, 0.15) is 5.78 Å². The number of ketones is 1. The molecule has 2 fully saturated rings. The van der Waals surface area contributed by atoms with Gasteiger partial charge < -0.3 is 10.0 Å². The number of amides is 1. The van der Waals surface area contributed by atoms with E-state index in [2.05, 4.69) is 0 Å². The lowest BCUT2D eigenvalue weighted by atomic mass is 9.79. The molecule has 1 amide bonds. The van der Waals surface area contributed by atoms with Gasteiger partial charge in [0.25, 0.3) is 0 Å². The van der Waals surface area contributed by atoms with E-state index >= 15 is 0 Å². The number of benzene rings is 1. The topological polar surface area (TPSA) is 57.6 Å². The highest BCUT2D eigenvalue weighted by molar-refractivity contribution is 5.85. The molecule has 1 saturated carbocycles. The van der Waals surface area contributed by atoms with Gasteiger partial charge in [-0.3, -0.25) is 9.59 Å². The lowest BCUT2D eigenvalue weighted by Crippen LogP contribution is -2.43. The standard InChI is InChI=1S/C20H27NO3/c1-14-12-17(22)9-10-18(14)20(24)21-11-5-8-16(21)13-19(23)15-6-3-2-4-7-15/h2-4,6-7,14,16,18-19,23H,5,8-13H2,1H3. The second kappa shape index (κ2) is 7.47. The highest BCUT2D eigenvalue weighted by Gasteiger charge is 2.38. The summed E-state index contributed by atoms with van der Waals surface area (Å²) in [5.74, 6) is 0.581. The Morgan fingerprint density at radius 1 is 1.29 bits per heavy atom. The molecular weight excluding hydrogens is 302 g/mol. The van der Waals surface area contributed by atoms with Gasteiger partial charge in [0, 0.05) is 31.3 Å². The maximum atomic E-state index is 13.0. The van der Waals surface area contributed by atoms with Gasteiger partial charge in [0.05, 0.1) is 6.10 Å². The molecule has 1 aromatic carbocycles. The van der Waals surface area contributed by atoms with Crippen molar-refractivity contribution in [3.63, 3.8) is 0 Å². The Bertz CT molecular complexity index is 586. The summed E-state index contributed by atoms with van der Waals surface area (Å²) < 4.78 is 0. The summed E-state index contributed by atoms with van der Waals surface area (Å²) in [5, 5.41) is 10.5. The van der Waals surface area contributed by atoms with Crippen molar-refractivity contribution in [1.82, 2.24) is 4.90 Å². The summed E-state index contributed by atoms with van der Waals surface area (Å²) in [6.45, 7) is 2.80. The van der Waals surface area contributed by atoms with E-state index in [0.29, 0.717) is 25.7 Å². The second-order valence-electron chi connectivity index (χ2n) is 7.36. The van der Waals surface area contributed by atoms with E-state index in [1.54, 1.807) is 0 Å².